The fraction of sp³-hybridized carbons (Fsp3) is 0.462. The van der Waals surface area contributed by atoms with E-state index in [2.05, 4.69) is 5.32 Å². The molecule has 0 heterocycles. The zero-order valence-electron chi connectivity index (χ0n) is 10.6. The normalized spacial score (nSPS) is 12.2. The van der Waals surface area contributed by atoms with Gasteiger partial charge in [0.05, 0.1) is 0 Å². The van der Waals surface area contributed by atoms with Crippen LogP contribution in [0.2, 0.25) is 0 Å². The van der Waals surface area contributed by atoms with E-state index in [1.165, 1.54) is 7.11 Å². The van der Waals surface area contributed by atoms with Gasteiger partial charge >= 0.3 is 0 Å². The standard InChI is InChI=1S/C13H20N2O3/c1-18-12(9-14)13(17)15-11-6-2-4-10(8-11)5-3-7-16/h2,4,6,8,12,16H,3,5,7,9,14H2,1H3,(H,15,17). The molecular weight excluding hydrogens is 232 g/mol. The van der Waals surface area contributed by atoms with Crippen LogP contribution in [-0.4, -0.2) is 37.4 Å². The van der Waals surface area contributed by atoms with Crippen molar-refractivity contribution in [3.63, 3.8) is 0 Å². The molecule has 0 fully saturated rings. The fourth-order valence-electron chi connectivity index (χ4n) is 1.62. The van der Waals surface area contributed by atoms with Crippen molar-refractivity contribution in [2.45, 2.75) is 18.9 Å². The number of amides is 1. The first-order chi connectivity index (χ1) is 8.71. The number of hydrogen-bond acceptors (Lipinski definition) is 4. The van der Waals surface area contributed by atoms with Gasteiger partial charge in [-0.05, 0) is 30.5 Å². The maximum Gasteiger partial charge on any atom is 0.254 e. The van der Waals surface area contributed by atoms with Crippen molar-refractivity contribution in [3.05, 3.63) is 29.8 Å². The molecule has 0 spiro atoms. The third kappa shape index (κ3) is 4.44. The number of aryl methyl sites for hydroxylation is 1. The number of anilines is 1. The lowest BCUT2D eigenvalue weighted by Crippen LogP contribution is -2.35. The molecule has 0 aliphatic rings. The number of nitrogens with two attached hydrogens (primary N) is 1. The van der Waals surface area contributed by atoms with Gasteiger partial charge in [0.25, 0.3) is 5.91 Å². The summed E-state index contributed by atoms with van der Waals surface area (Å²) in [4.78, 5) is 11.7. The van der Waals surface area contributed by atoms with E-state index in [1.54, 1.807) is 0 Å². The van der Waals surface area contributed by atoms with E-state index in [9.17, 15) is 4.79 Å². The Labute approximate surface area is 107 Å². The Balaban J connectivity index is 2.63. The Kier molecular flexibility index (Phi) is 6.35. The highest BCUT2D eigenvalue weighted by atomic mass is 16.5. The quantitative estimate of drug-likeness (QED) is 0.660. The summed E-state index contributed by atoms with van der Waals surface area (Å²) in [5.41, 5.74) is 7.21. The molecular formula is C13H20N2O3. The Morgan fingerprint density at radius 1 is 1.56 bits per heavy atom. The van der Waals surface area contributed by atoms with Gasteiger partial charge in [-0.15, -0.1) is 0 Å². The van der Waals surface area contributed by atoms with Crippen LogP contribution in [0.1, 0.15) is 12.0 Å². The van der Waals surface area contributed by atoms with Crippen LogP contribution in [0.4, 0.5) is 5.69 Å². The summed E-state index contributed by atoms with van der Waals surface area (Å²) in [6, 6.07) is 7.52. The highest BCUT2D eigenvalue weighted by molar-refractivity contribution is 5.94. The van der Waals surface area contributed by atoms with E-state index in [0.717, 1.165) is 12.0 Å². The third-order valence-electron chi connectivity index (χ3n) is 2.61. The molecule has 0 saturated carbocycles. The van der Waals surface area contributed by atoms with E-state index < -0.39 is 6.10 Å². The number of benzene rings is 1. The molecule has 1 atom stereocenters. The molecule has 5 nitrogen and oxygen atoms in total. The Hall–Kier alpha value is -1.43. The second kappa shape index (κ2) is 7.81. The molecule has 1 amide bonds. The van der Waals surface area contributed by atoms with E-state index >= 15 is 0 Å². The topological polar surface area (TPSA) is 84.6 Å². The van der Waals surface area contributed by atoms with Crippen LogP contribution >= 0.6 is 0 Å². The van der Waals surface area contributed by atoms with Gasteiger partial charge in [-0.25, -0.2) is 0 Å². The van der Waals surface area contributed by atoms with Crippen molar-refractivity contribution in [3.8, 4) is 0 Å². The lowest BCUT2D eigenvalue weighted by molar-refractivity contribution is -0.125. The summed E-state index contributed by atoms with van der Waals surface area (Å²) in [6.45, 7) is 0.308. The first-order valence-corrected chi connectivity index (χ1v) is 5.94. The molecule has 1 aromatic rings. The summed E-state index contributed by atoms with van der Waals surface area (Å²) in [7, 11) is 1.45. The van der Waals surface area contributed by atoms with Gasteiger partial charge in [0.1, 0.15) is 6.10 Å². The van der Waals surface area contributed by atoms with Gasteiger partial charge < -0.3 is 20.9 Å². The van der Waals surface area contributed by atoms with Gasteiger partial charge in [0.2, 0.25) is 0 Å². The van der Waals surface area contributed by atoms with Crippen LogP contribution in [0.15, 0.2) is 24.3 Å². The molecule has 1 unspecified atom stereocenters. The lowest BCUT2D eigenvalue weighted by atomic mass is 10.1. The highest BCUT2D eigenvalue weighted by Crippen LogP contribution is 2.12. The van der Waals surface area contributed by atoms with Gasteiger partial charge in [0.15, 0.2) is 0 Å². The predicted molar refractivity (Wildman–Crippen MR) is 70.3 cm³/mol. The SMILES string of the molecule is COC(CN)C(=O)Nc1cccc(CCCO)c1. The summed E-state index contributed by atoms with van der Waals surface area (Å²) >= 11 is 0. The Bertz CT molecular complexity index is 378. The van der Waals surface area contributed by atoms with Crippen molar-refractivity contribution >= 4 is 11.6 Å². The number of methoxy groups -OCH3 is 1. The van der Waals surface area contributed by atoms with Crippen LogP contribution in [0.25, 0.3) is 0 Å². The van der Waals surface area contributed by atoms with Gasteiger partial charge in [-0.2, -0.15) is 0 Å². The number of hydrogen-bond donors (Lipinski definition) is 3. The molecule has 1 aromatic carbocycles. The van der Waals surface area contributed by atoms with Crippen LogP contribution in [0.5, 0.6) is 0 Å². The number of aliphatic hydroxyl groups is 1. The van der Waals surface area contributed by atoms with Crippen LogP contribution in [0, 0.1) is 0 Å². The molecule has 0 aliphatic heterocycles. The average molecular weight is 252 g/mol. The second-order valence-corrected chi connectivity index (χ2v) is 3.98. The molecule has 0 bridgehead atoms. The van der Waals surface area contributed by atoms with Gasteiger partial charge in [-0.3, -0.25) is 4.79 Å². The van der Waals surface area contributed by atoms with E-state index in [0.29, 0.717) is 12.1 Å². The van der Waals surface area contributed by atoms with E-state index in [4.69, 9.17) is 15.6 Å². The number of rotatable bonds is 7. The molecule has 0 radical (unpaired) electrons. The van der Waals surface area contributed by atoms with Crippen molar-refractivity contribution in [1.29, 1.82) is 0 Å². The highest BCUT2D eigenvalue weighted by Gasteiger charge is 2.15. The Morgan fingerprint density at radius 3 is 2.94 bits per heavy atom. The number of carbonyl (C=O) groups excluding carboxylic acids is 1. The summed E-state index contributed by atoms with van der Waals surface area (Å²) in [5.74, 6) is -0.251. The number of nitrogens with one attached hydrogen (secondary N) is 1. The zero-order chi connectivity index (χ0) is 13.4. The Morgan fingerprint density at radius 2 is 2.33 bits per heavy atom. The monoisotopic (exact) mass is 252 g/mol. The van der Waals surface area contributed by atoms with Crippen molar-refractivity contribution in [1.82, 2.24) is 0 Å². The molecule has 1 rings (SSSR count). The van der Waals surface area contributed by atoms with Crippen molar-refractivity contribution in [2.75, 3.05) is 25.6 Å². The molecule has 18 heavy (non-hydrogen) atoms. The lowest BCUT2D eigenvalue weighted by Gasteiger charge is -2.13. The summed E-state index contributed by atoms with van der Waals surface area (Å²) in [5, 5.41) is 11.5. The maximum atomic E-state index is 11.7. The number of ether oxygens (including phenoxy) is 1. The van der Waals surface area contributed by atoms with E-state index in [1.807, 2.05) is 24.3 Å². The van der Waals surface area contributed by atoms with Crippen molar-refractivity contribution in [2.24, 2.45) is 5.73 Å². The molecule has 0 aromatic heterocycles. The zero-order valence-corrected chi connectivity index (χ0v) is 10.6. The summed E-state index contributed by atoms with van der Waals surface area (Å²) < 4.78 is 4.96. The largest absolute Gasteiger partial charge is 0.396 e. The molecule has 0 aliphatic carbocycles. The number of carbonyl (C=O) groups is 1. The van der Waals surface area contributed by atoms with Crippen LogP contribution in [-0.2, 0) is 16.0 Å². The van der Waals surface area contributed by atoms with E-state index in [-0.39, 0.29) is 19.1 Å². The molecule has 5 heteroatoms. The smallest absolute Gasteiger partial charge is 0.254 e. The summed E-state index contributed by atoms with van der Waals surface area (Å²) in [6.07, 6.45) is 0.859. The number of aliphatic hydroxyl groups excluding tert-OH is 1. The van der Waals surface area contributed by atoms with Gasteiger partial charge in [-0.1, -0.05) is 12.1 Å². The maximum absolute atomic E-state index is 11.7. The average Bonchev–Trinajstić information content (AvgIpc) is 2.38. The first-order valence-electron chi connectivity index (χ1n) is 5.94. The minimum Gasteiger partial charge on any atom is -0.396 e. The molecule has 0 saturated heterocycles. The van der Waals surface area contributed by atoms with Crippen molar-refractivity contribution < 1.29 is 14.6 Å². The van der Waals surface area contributed by atoms with Crippen LogP contribution in [0.3, 0.4) is 0 Å². The minimum absolute atomic E-state index is 0.145. The second-order valence-electron chi connectivity index (χ2n) is 3.98. The third-order valence-corrected chi connectivity index (χ3v) is 2.61. The molecule has 4 N–H and O–H groups in total. The van der Waals surface area contributed by atoms with Gasteiger partial charge in [0, 0.05) is 25.9 Å². The predicted octanol–water partition coefficient (Wildman–Crippen LogP) is 0.524. The minimum atomic E-state index is -0.633. The van der Waals surface area contributed by atoms with Crippen LogP contribution < -0.4 is 11.1 Å². The first kappa shape index (κ1) is 14.6. The fourth-order valence-corrected chi connectivity index (χ4v) is 1.62. The molecule has 100 valence electrons.